The highest BCUT2D eigenvalue weighted by Gasteiger charge is 2.16. The molecule has 0 radical (unpaired) electrons. The molecule has 1 fully saturated rings. The SMILES string of the molecule is CN(C)C(=O)Oc1cccnc1CN1CCCCC1. The first-order valence-corrected chi connectivity index (χ1v) is 6.72. The number of rotatable bonds is 3. The molecule has 0 atom stereocenters. The van der Waals surface area contributed by atoms with Gasteiger partial charge in [-0.3, -0.25) is 9.88 Å². The molecule has 1 aliphatic rings. The van der Waals surface area contributed by atoms with Crippen LogP contribution in [0.3, 0.4) is 0 Å². The van der Waals surface area contributed by atoms with Crippen LogP contribution in [0.5, 0.6) is 5.75 Å². The molecule has 2 rings (SSSR count). The molecule has 1 aliphatic heterocycles. The Morgan fingerprint density at radius 3 is 2.79 bits per heavy atom. The fourth-order valence-corrected chi connectivity index (χ4v) is 2.15. The maximum Gasteiger partial charge on any atom is 0.414 e. The third kappa shape index (κ3) is 3.92. The van der Waals surface area contributed by atoms with Crippen molar-refractivity contribution in [2.45, 2.75) is 25.8 Å². The van der Waals surface area contributed by atoms with Gasteiger partial charge in [-0.15, -0.1) is 0 Å². The van der Waals surface area contributed by atoms with Crippen molar-refractivity contribution in [3.05, 3.63) is 24.0 Å². The summed E-state index contributed by atoms with van der Waals surface area (Å²) >= 11 is 0. The molecule has 0 spiro atoms. The van der Waals surface area contributed by atoms with E-state index in [0.717, 1.165) is 25.3 Å². The predicted molar refractivity (Wildman–Crippen MR) is 73.1 cm³/mol. The van der Waals surface area contributed by atoms with Gasteiger partial charge in [0, 0.05) is 26.8 Å². The summed E-state index contributed by atoms with van der Waals surface area (Å²) in [5, 5.41) is 0. The first-order valence-electron chi connectivity index (χ1n) is 6.72. The smallest absolute Gasteiger partial charge is 0.408 e. The molecule has 1 aromatic heterocycles. The highest BCUT2D eigenvalue weighted by molar-refractivity contribution is 5.70. The number of likely N-dealkylation sites (tertiary alicyclic amines) is 1. The van der Waals surface area contributed by atoms with Gasteiger partial charge >= 0.3 is 6.09 Å². The van der Waals surface area contributed by atoms with Gasteiger partial charge in [0.25, 0.3) is 0 Å². The lowest BCUT2D eigenvalue weighted by Crippen LogP contribution is -2.30. The second kappa shape index (κ2) is 6.52. The summed E-state index contributed by atoms with van der Waals surface area (Å²) in [5.41, 5.74) is 0.833. The van der Waals surface area contributed by atoms with Crippen molar-refractivity contribution in [3.8, 4) is 5.75 Å². The number of hydrogen-bond acceptors (Lipinski definition) is 4. The van der Waals surface area contributed by atoms with Crippen molar-refractivity contribution < 1.29 is 9.53 Å². The molecule has 5 heteroatoms. The van der Waals surface area contributed by atoms with Crippen LogP contribution in [-0.4, -0.2) is 48.1 Å². The molecule has 2 heterocycles. The predicted octanol–water partition coefficient (Wildman–Crippen LogP) is 2.13. The zero-order valence-electron chi connectivity index (χ0n) is 11.6. The fourth-order valence-electron chi connectivity index (χ4n) is 2.15. The molecule has 1 aromatic rings. The van der Waals surface area contributed by atoms with Gasteiger partial charge < -0.3 is 9.64 Å². The summed E-state index contributed by atoms with van der Waals surface area (Å²) in [6.07, 6.45) is 5.15. The maximum atomic E-state index is 11.6. The van der Waals surface area contributed by atoms with Crippen LogP contribution in [-0.2, 0) is 6.54 Å². The number of piperidine rings is 1. The second-order valence-electron chi connectivity index (χ2n) is 5.05. The molecule has 0 aromatic carbocycles. The minimum absolute atomic E-state index is 0.368. The van der Waals surface area contributed by atoms with Crippen molar-refractivity contribution in [1.29, 1.82) is 0 Å². The zero-order valence-corrected chi connectivity index (χ0v) is 11.6. The van der Waals surface area contributed by atoms with E-state index in [9.17, 15) is 4.79 Å². The Labute approximate surface area is 114 Å². The Morgan fingerprint density at radius 2 is 2.11 bits per heavy atom. The average Bonchev–Trinajstić information content (AvgIpc) is 2.42. The molecule has 104 valence electrons. The van der Waals surface area contributed by atoms with Crippen LogP contribution < -0.4 is 4.74 Å². The van der Waals surface area contributed by atoms with Crippen molar-refractivity contribution in [2.24, 2.45) is 0 Å². The van der Waals surface area contributed by atoms with Crippen molar-refractivity contribution in [1.82, 2.24) is 14.8 Å². The lowest BCUT2D eigenvalue weighted by Gasteiger charge is -2.26. The largest absolute Gasteiger partial charge is 0.414 e. The standard InChI is InChI=1S/C14H21N3O2/c1-16(2)14(18)19-13-7-6-8-15-12(13)11-17-9-4-3-5-10-17/h6-8H,3-5,9-11H2,1-2H3. The van der Waals surface area contributed by atoms with Crippen molar-refractivity contribution in [2.75, 3.05) is 27.2 Å². The van der Waals surface area contributed by atoms with Crippen LogP contribution in [0.1, 0.15) is 25.0 Å². The number of amides is 1. The molecule has 1 saturated heterocycles. The third-order valence-electron chi connectivity index (χ3n) is 3.23. The van der Waals surface area contributed by atoms with Gasteiger partial charge in [-0.05, 0) is 38.1 Å². The summed E-state index contributed by atoms with van der Waals surface area (Å²) in [4.78, 5) is 19.7. The number of carbonyl (C=O) groups is 1. The van der Waals surface area contributed by atoms with Gasteiger partial charge in [-0.1, -0.05) is 6.42 Å². The number of ether oxygens (including phenoxy) is 1. The lowest BCUT2D eigenvalue weighted by molar-refractivity contribution is 0.169. The molecule has 0 bridgehead atoms. The Morgan fingerprint density at radius 1 is 1.37 bits per heavy atom. The van der Waals surface area contributed by atoms with Gasteiger partial charge in [0.05, 0.1) is 5.69 Å². The Bertz CT molecular complexity index is 428. The van der Waals surface area contributed by atoms with Gasteiger partial charge in [0.1, 0.15) is 0 Å². The number of nitrogens with zero attached hydrogens (tertiary/aromatic N) is 3. The van der Waals surface area contributed by atoms with Crippen LogP contribution in [0.4, 0.5) is 4.79 Å². The van der Waals surface area contributed by atoms with E-state index >= 15 is 0 Å². The molecular weight excluding hydrogens is 242 g/mol. The summed E-state index contributed by atoms with van der Waals surface area (Å²) in [7, 11) is 3.34. The van der Waals surface area contributed by atoms with E-state index in [2.05, 4.69) is 9.88 Å². The van der Waals surface area contributed by atoms with Gasteiger partial charge in [-0.2, -0.15) is 0 Å². The van der Waals surface area contributed by atoms with Gasteiger partial charge in [-0.25, -0.2) is 4.79 Å². The van der Waals surface area contributed by atoms with E-state index in [1.807, 2.05) is 0 Å². The van der Waals surface area contributed by atoms with Crippen LogP contribution in [0.2, 0.25) is 0 Å². The highest BCUT2D eigenvalue weighted by Crippen LogP contribution is 2.20. The second-order valence-corrected chi connectivity index (χ2v) is 5.05. The van der Waals surface area contributed by atoms with Crippen molar-refractivity contribution >= 4 is 6.09 Å². The van der Waals surface area contributed by atoms with E-state index in [4.69, 9.17) is 4.74 Å². The van der Waals surface area contributed by atoms with Crippen LogP contribution in [0, 0.1) is 0 Å². The van der Waals surface area contributed by atoms with E-state index in [0.29, 0.717) is 5.75 Å². The summed E-state index contributed by atoms with van der Waals surface area (Å²) in [5.74, 6) is 0.562. The first-order chi connectivity index (χ1) is 9.16. The molecular formula is C14H21N3O2. The molecule has 19 heavy (non-hydrogen) atoms. The van der Waals surface area contributed by atoms with Crippen LogP contribution in [0.15, 0.2) is 18.3 Å². The number of carbonyl (C=O) groups excluding carboxylic acids is 1. The van der Waals surface area contributed by atoms with E-state index < -0.39 is 0 Å². The molecule has 5 nitrogen and oxygen atoms in total. The minimum Gasteiger partial charge on any atom is -0.408 e. The van der Waals surface area contributed by atoms with E-state index in [1.54, 1.807) is 32.4 Å². The number of pyridine rings is 1. The number of hydrogen-bond donors (Lipinski definition) is 0. The lowest BCUT2D eigenvalue weighted by atomic mass is 10.1. The van der Waals surface area contributed by atoms with E-state index in [-0.39, 0.29) is 6.09 Å². The van der Waals surface area contributed by atoms with E-state index in [1.165, 1.54) is 24.2 Å². The maximum absolute atomic E-state index is 11.6. The quantitative estimate of drug-likeness (QED) is 0.838. The van der Waals surface area contributed by atoms with Gasteiger partial charge in [0.2, 0.25) is 0 Å². The monoisotopic (exact) mass is 263 g/mol. The minimum atomic E-state index is -0.368. The normalized spacial score (nSPS) is 16.1. The third-order valence-corrected chi connectivity index (χ3v) is 3.23. The topological polar surface area (TPSA) is 45.7 Å². The Balaban J connectivity index is 2.05. The molecule has 0 N–H and O–H groups in total. The summed E-state index contributed by atoms with van der Waals surface area (Å²) in [6, 6.07) is 3.59. The highest BCUT2D eigenvalue weighted by atomic mass is 16.6. The number of aromatic nitrogens is 1. The zero-order chi connectivity index (χ0) is 13.7. The summed E-state index contributed by atoms with van der Waals surface area (Å²) < 4.78 is 5.35. The van der Waals surface area contributed by atoms with Crippen molar-refractivity contribution in [3.63, 3.8) is 0 Å². The Hall–Kier alpha value is -1.62. The summed E-state index contributed by atoms with van der Waals surface area (Å²) in [6.45, 7) is 2.94. The van der Waals surface area contributed by atoms with Crippen LogP contribution >= 0.6 is 0 Å². The first kappa shape index (κ1) is 13.8. The average molecular weight is 263 g/mol. The van der Waals surface area contributed by atoms with Gasteiger partial charge in [0.15, 0.2) is 5.75 Å². The molecule has 0 aliphatic carbocycles. The molecule has 0 unspecified atom stereocenters. The Kier molecular flexibility index (Phi) is 4.74. The molecule has 1 amide bonds. The fraction of sp³-hybridized carbons (Fsp3) is 0.571. The molecule has 0 saturated carbocycles. The van der Waals surface area contributed by atoms with Crippen LogP contribution in [0.25, 0.3) is 0 Å².